The average Bonchev–Trinajstić information content (AvgIpc) is 2.79. The molecule has 0 amide bonds. The van der Waals surface area contributed by atoms with E-state index >= 15 is 0 Å². The zero-order valence-corrected chi connectivity index (χ0v) is 13.0. The van der Waals surface area contributed by atoms with E-state index in [0.29, 0.717) is 6.04 Å². The van der Waals surface area contributed by atoms with Crippen LogP contribution >= 0.6 is 39.0 Å². The van der Waals surface area contributed by atoms with Crippen LogP contribution in [0.25, 0.3) is 0 Å². The summed E-state index contributed by atoms with van der Waals surface area (Å²) in [5.41, 5.74) is 0. The number of thioether (sulfide) groups is 1. The second-order valence-electron chi connectivity index (χ2n) is 3.74. The Morgan fingerprint density at radius 3 is 2.61 bits per heavy atom. The molecule has 0 spiro atoms. The molecule has 96 valence electrons. The standard InChI is InChI=1S/C13H13BrFNS2/c1-16-12(13-11(14)6-7-17-13)8-18-10-4-2-9(15)3-5-10/h2-7,12,16H,8H2,1H3. The lowest BCUT2D eigenvalue weighted by molar-refractivity contribution is 0.626. The molecule has 0 bridgehead atoms. The molecule has 1 N–H and O–H groups in total. The van der Waals surface area contributed by atoms with Gasteiger partial charge in [0, 0.05) is 20.0 Å². The van der Waals surface area contributed by atoms with Crippen molar-refractivity contribution in [1.82, 2.24) is 5.32 Å². The van der Waals surface area contributed by atoms with Crippen molar-refractivity contribution < 1.29 is 4.39 Å². The van der Waals surface area contributed by atoms with E-state index in [9.17, 15) is 4.39 Å². The summed E-state index contributed by atoms with van der Waals surface area (Å²) in [6.07, 6.45) is 0. The molecule has 0 saturated heterocycles. The van der Waals surface area contributed by atoms with Gasteiger partial charge in [-0.3, -0.25) is 0 Å². The topological polar surface area (TPSA) is 12.0 Å². The molecule has 0 fully saturated rings. The molecule has 0 saturated carbocycles. The lowest BCUT2D eigenvalue weighted by Crippen LogP contribution is -2.17. The largest absolute Gasteiger partial charge is 0.312 e. The van der Waals surface area contributed by atoms with Gasteiger partial charge in [-0.1, -0.05) is 0 Å². The third-order valence-corrected chi connectivity index (χ3v) is 5.63. The molecule has 1 unspecified atom stereocenters. The maximum atomic E-state index is 12.8. The van der Waals surface area contributed by atoms with E-state index in [-0.39, 0.29) is 5.82 Å². The molecular formula is C13H13BrFNS2. The van der Waals surface area contributed by atoms with Gasteiger partial charge in [-0.05, 0) is 58.7 Å². The van der Waals surface area contributed by atoms with Gasteiger partial charge in [0.2, 0.25) is 0 Å². The Hall–Kier alpha value is -0.360. The molecule has 1 nitrogen and oxygen atoms in total. The SMILES string of the molecule is CNC(CSc1ccc(F)cc1)c1sccc1Br. The number of hydrogen-bond donors (Lipinski definition) is 1. The molecule has 2 aromatic rings. The van der Waals surface area contributed by atoms with Crippen LogP contribution in [0.1, 0.15) is 10.9 Å². The second-order valence-corrected chi connectivity index (χ2v) is 6.63. The van der Waals surface area contributed by atoms with Crippen LogP contribution < -0.4 is 5.32 Å². The summed E-state index contributed by atoms with van der Waals surface area (Å²) in [7, 11) is 1.96. The molecule has 1 atom stereocenters. The molecule has 5 heteroatoms. The minimum absolute atomic E-state index is 0.189. The molecule has 2 rings (SSSR count). The number of thiophene rings is 1. The van der Waals surface area contributed by atoms with Gasteiger partial charge in [-0.15, -0.1) is 23.1 Å². The fourth-order valence-electron chi connectivity index (χ4n) is 1.55. The molecule has 0 aliphatic carbocycles. The normalized spacial score (nSPS) is 12.6. The first-order chi connectivity index (χ1) is 8.70. The van der Waals surface area contributed by atoms with Crippen molar-refractivity contribution in [2.75, 3.05) is 12.8 Å². The first kappa shape index (κ1) is 14.1. The Balaban J connectivity index is 2.00. The van der Waals surface area contributed by atoms with Crippen molar-refractivity contribution in [3.05, 3.63) is 50.9 Å². The van der Waals surface area contributed by atoms with E-state index in [1.54, 1.807) is 23.1 Å². The highest BCUT2D eigenvalue weighted by Crippen LogP contribution is 2.32. The lowest BCUT2D eigenvalue weighted by atomic mass is 10.3. The van der Waals surface area contributed by atoms with Gasteiger partial charge in [-0.2, -0.15) is 0 Å². The second kappa shape index (κ2) is 6.70. The number of halogens is 2. The van der Waals surface area contributed by atoms with E-state index in [2.05, 4.69) is 32.7 Å². The molecule has 0 radical (unpaired) electrons. The van der Waals surface area contributed by atoms with Crippen molar-refractivity contribution in [2.45, 2.75) is 10.9 Å². The third kappa shape index (κ3) is 3.57. The smallest absolute Gasteiger partial charge is 0.123 e. The molecule has 1 heterocycles. The van der Waals surface area contributed by atoms with Gasteiger partial charge >= 0.3 is 0 Å². The first-order valence-corrected chi connectivity index (χ1v) is 8.15. The summed E-state index contributed by atoms with van der Waals surface area (Å²) < 4.78 is 13.9. The van der Waals surface area contributed by atoms with Crippen LogP contribution in [0.15, 0.2) is 45.1 Å². The van der Waals surface area contributed by atoms with Gasteiger partial charge < -0.3 is 5.32 Å². The number of nitrogens with one attached hydrogen (secondary N) is 1. The Labute approximate surface area is 123 Å². The molecule has 1 aromatic heterocycles. The average molecular weight is 346 g/mol. The Kier molecular flexibility index (Phi) is 5.24. The number of benzene rings is 1. The van der Waals surface area contributed by atoms with Crippen LogP contribution in [0.5, 0.6) is 0 Å². The third-order valence-electron chi connectivity index (χ3n) is 2.54. The van der Waals surface area contributed by atoms with Crippen molar-refractivity contribution in [1.29, 1.82) is 0 Å². The van der Waals surface area contributed by atoms with Crippen LogP contribution in [0, 0.1) is 5.82 Å². The van der Waals surface area contributed by atoms with Crippen molar-refractivity contribution in [3.63, 3.8) is 0 Å². The molecular weight excluding hydrogens is 333 g/mol. The molecule has 18 heavy (non-hydrogen) atoms. The van der Waals surface area contributed by atoms with Crippen molar-refractivity contribution in [2.24, 2.45) is 0 Å². The van der Waals surface area contributed by atoms with E-state index < -0.39 is 0 Å². The summed E-state index contributed by atoms with van der Waals surface area (Å²) in [5.74, 6) is 0.729. The lowest BCUT2D eigenvalue weighted by Gasteiger charge is -2.15. The predicted octanol–water partition coefficient (Wildman–Crippen LogP) is 4.70. The Bertz CT molecular complexity index is 498. The maximum Gasteiger partial charge on any atom is 0.123 e. The van der Waals surface area contributed by atoms with Gasteiger partial charge in [-0.25, -0.2) is 4.39 Å². The summed E-state index contributed by atoms with van der Waals surface area (Å²) in [6.45, 7) is 0. The highest BCUT2D eigenvalue weighted by atomic mass is 79.9. The minimum Gasteiger partial charge on any atom is -0.312 e. The van der Waals surface area contributed by atoms with Crippen LogP contribution in [0.2, 0.25) is 0 Å². The zero-order valence-electron chi connectivity index (χ0n) is 9.82. The monoisotopic (exact) mass is 345 g/mol. The van der Waals surface area contributed by atoms with E-state index in [4.69, 9.17) is 0 Å². The summed E-state index contributed by atoms with van der Waals surface area (Å²) in [4.78, 5) is 2.39. The summed E-state index contributed by atoms with van der Waals surface area (Å²) in [5, 5.41) is 5.39. The molecule has 0 aliphatic rings. The van der Waals surface area contributed by atoms with E-state index in [0.717, 1.165) is 15.1 Å². The van der Waals surface area contributed by atoms with Crippen LogP contribution in [-0.2, 0) is 0 Å². The summed E-state index contributed by atoms with van der Waals surface area (Å²) >= 11 is 7.02. The van der Waals surface area contributed by atoms with Crippen molar-refractivity contribution in [3.8, 4) is 0 Å². The predicted molar refractivity (Wildman–Crippen MR) is 80.9 cm³/mol. The van der Waals surface area contributed by atoms with E-state index in [1.165, 1.54) is 17.0 Å². The first-order valence-electron chi connectivity index (χ1n) is 5.49. The highest BCUT2D eigenvalue weighted by Gasteiger charge is 2.14. The Morgan fingerprint density at radius 2 is 2.06 bits per heavy atom. The Morgan fingerprint density at radius 1 is 1.33 bits per heavy atom. The molecule has 1 aromatic carbocycles. The van der Waals surface area contributed by atoms with E-state index in [1.807, 2.05) is 19.2 Å². The number of rotatable bonds is 5. The van der Waals surface area contributed by atoms with Crippen LogP contribution in [0.3, 0.4) is 0 Å². The van der Waals surface area contributed by atoms with Crippen LogP contribution in [0.4, 0.5) is 4.39 Å². The van der Waals surface area contributed by atoms with Gasteiger partial charge in [0.15, 0.2) is 0 Å². The van der Waals surface area contributed by atoms with Gasteiger partial charge in [0.1, 0.15) is 5.82 Å². The van der Waals surface area contributed by atoms with Crippen molar-refractivity contribution >= 4 is 39.0 Å². The number of hydrogen-bond acceptors (Lipinski definition) is 3. The fraction of sp³-hybridized carbons (Fsp3) is 0.231. The summed E-state index contributed by atoms with van der Waals surface area (Å²) in [6, 6.07) is 8.99. The zero-order chi connectivity index (χ0) is 13.0. The quantitative estimate of drug-likeness (QED) is 0.788. The molecule has 0 aliphatic heterocycles. The maximum absolute atomic E-state index is 12.8. The van der Waals surface area contributed by atoms with Crippen LogP contribution in [-0.4, -0.2) is 12.8 Å². The highest BCUT2D eigenvalue weighted by molar-refractivity contribution is 9.10. The van der Waals surface area contributed by atoms with Gasteiger partial charge in [0.25, 0.3) is 0 Å². The fourth-order valence-corrected chi connectivity index (χ4v) is 4.44. The minimum atomic E-state index is -0.189. The van der Waals surface area contributed by atoms with Gasteiger partial charge in [0.05, 0.1) is 6.04 Å².